The summed E-state index contributed by atoms with van der Waals surface area (Å²) in [5.74, 6) is 0. The molecule has 0 bridgehead atoms. The molecule has 1 N–H and O–H groups in total. The van der Waals surface area contributed by atoms with E-state index in [1.165, 1.54) is 10.4 Å². The van der Waals surface area contributed by atoms with Gasteiger partial charge in [-0.15, -0.1) is 11.3 Å². The largest absolute Gasteiger partial charge is 0.388 e. The van der Waals surface area contributed by atoms with Gasteiger partial charge in [-0.1, -0.05) is 0 Å². The molecule has 0 saturated carbocycles. The van der Waals surface area contributed by atoms with Gasteiger partial charge in [0.1, 0.15) is 0 Å². The number of rotatable bonds is 1. The van der Waals surface area contributed by atoms with Crippen molar-refractivity contribution in [3.63, 3.8) is 0 Å². The predicted molar refractivity (Wildman–Crippen MR) is 76.8 cm³/mol. The highest BCUT2D eigenvalue weighted by atomic mass is 32.1. The van der Waals surface area contributed by atoms with E-state index in [0.717, 1.165) is 36.0 Å². The van der Waals surface area contributed by atoms with Crippen LogP contribution in [0.1, 0.15) is 30.2 Å². The molecule has 0 radical (unpaired) electrons. The molecule has 96 valence electrons. The second kappa shape index (κ2) is 4.18. The van der Waals surface area contributed by atoms with Crippen molar-refractivity contribution in [3.05, 3.63) is 47.2 Å². The fourth-order valence-electron chi connectivity index (χ4n) is 2.90. The zero-order chi connectivity index (χ0) is 12.8. The first-order chi connectivity index (χ1) is 9.33. The molecule has 4 heteroatoms. The molecule has 0 fully saturated rings. The summed E-state index contributed by atoms with van der Waals surface area (Å²) in [5.41, 5.74) is 6.43. The molecule has 3 nitrogen and oxygen atoms in total. The van der Waals surface area contributed by atoms with Crippen molar-refractivity contribution >= 4 is 21.6 Å². The Morgan fingerprint density at radius 1 is 1.32 bits per heavy atom. The van der Waals surface area contributed by atoms with Gasteiger partial charge in [-0.25, -0.2) is 4.98 Å². The average Bonchev–Trinajstić information content (AvgIpc) is 3.04. The molecular weight excluding hydrogens is 256 g/mol. The van der Waals surface area contributed by atoms with Gasteiger partial charge in [0.25, 0.3) is 0 Å². The number of thiazole rings is 1. The Hall–Kier alpha value is -1.65. The molecular formula is C15H14N2OS. The van der Waals surface area contributed by atoms with E-state index in [9.17, 15) is 5.11 Å². The first kappa shape index (κ1) is 11.2. The normalized spacial score (nSPS) is 18.7. The highest BCUT2D eigenvalue weighted by Crippen LogP contribution is 2.32. The summed E-state index contributed by atoms with van der Waals surface area (Å²) in [6.45, 7) is 0. The van der Waals surface area contributed by atoms with Crippen LogP contribution in [0.15, 0.2) is 36.0 Å². The van der Waals surface area contributed by atoms with Crippen molar-refractivity contribution in [1.29, 1.82) is 0 Å². The van der Waals surface area contributed by atoms with E-state index in [2.05, 4.69) is 40.0 Å². The van der Waals surface area contributed by atoms with Gasteiger partial charge >= 0.3 is 0 Å². The van der Waals surface area contributed by atoms with Crippen molar-refractivity contribution in [1.82, 2.24) is 9.55 Å². The number of nitrogens with zero attached hydrogens (tertiary/aromatic N) is 2. The number of aliphatic hydroxyl groups is 1. The van der Waals surface area contributed by atoms with E-state index in [4.69, 9.17) is 0 Å². The molecule has 1 atom stereocenters. The Bertz CT molecular complexity index is 744. The molecule has 0 saturated heterocycles. The van der Waals surface area contributed by atoms with Crippen LogP contribution in [0.4, 0.5) is 0 Å². The minimum absolute atomic E-state index is 0.294. The first-order valence-electron chi connectivity index (χ1n) is 6.55. The average molecular weight is 270 g/mol. The summed E-state index contributed by atoms with van der Waals surface area (Å²) < 4.78 is 3.41. The van der Waals surface area contributed by atoms with Crippen molar-refractivity contribution in [3.8, 4) is 5.69 Å². The maximum absolute atomic E-state index is 10.0. The first-order valence-corrected chi connectivity index (χ1v) is 7.43. The fraction of sp³-hybridized carbons (Fsp3) is 0.267. The molecule has 1 aliphatic rings. The predicted octanol–water partition coefficient (Wildman–Crippen LogP) is 3.46. The minimum Gasteiger partial charge on any atom is -0.388 e. The monoisotopic (exact) mass is 270 g/mol. The van der Waals surface area contributed by atoms with Crippen LogP contribution >= 0.6 is 11.3 Å². The standard InChI is InChI=1S/C15H14N2OS/c18-14-3-1-2-13-11(14)6-7-17(13)10-4-5-12-15(8-10)19-9-16-12/h4-9,14,18H,1-3H2. The minimum atomic E-state index is -0.294. The van der Waals surface area contributed by atoms with E-state index in [0.29, 0.717) is 0 Å². The number of hydrogen-bond donors (Lipinski definition) is 1. The summed E-state index contributed by atoms with van der Waals surface area (Å²) >= 11 is 1.66. The summed E-state index contributed by atoms with van der Waals surface area (Å²) in [6, 6.07) is 8.39. The quantitative estimate of drug-likeness (QED) is 0.735. The Morgan fingerprint density at radius 2 is 2.26 bits per heavy atom. The summed E-state index contributed by atoms with van der Waals surface area (Å²) in [4.78, 5) is 4.31. The van der Waals surface area contributed by atoms with E-state index < -0.39 is 0 Å². The molecule has 0 aliphatic heterocycles. The van der Waals surface area contributed by atoms with E-state index >= 15 is 0 Å². The third-order valence-electron chi connectivity index (χ3n) is 3.87. The van der Waals surface area contributed by atoms with Crippen molar-refractivity contribution in [2.24, 2.45) is 0 Å². The highest BCUT2D eigenvalue weighted by Gasteiger charge is 2.21. The van der Waals surface area contributed by atoms with Gasteiger partial charge in [-0.2, -0.15) is 0 Å². The van der Waals surface area contributed by atoms with Crippen molar-refractivity contribution in [2.45, 2.75) is 25.4 Å². The number of fused-ring (bicyclic) bond motifs is 2. The maximum atomic E-state index is 10.0. The van der Waals surface area contributed by atoms with Crippen LogP contribution in [0.3, 0.4) is 0 Å². The maximum Gasteiger partial charge on any atom is 0.0813 e. The van der Waals surface area contributed by atoms with Crippen LogP contribution < -0.4 is 0 Å². The van der Waals surface area contributed by atoms with E-state index in [1.54, 1.807) is 11.3 Å². The van der Waals surface area contributed by atoms with Gasteiger partial charge in [-0.05, 0) is 43.5 Å². The van der Waals surface area contributed by atoms with E-state index in [-0.39, 0.29) is 6.10 Å². The van der Waals surface area contributed by atoms with Crippen molar-refractivity contribution < 1.29 is 5.11 Å². The second-order valence-electron chi connectivity index (χ2n) is 5.00. The molecule has 1 unspecified atom stereocenters. The highest BCUT2D eigenvalue weighted by molar-refractivity contribution is 7.16. The van der Waals surface area contributed by atoms with Gasteiger partial charge in [0, 0.05) is 23.1 Å². The molecule has 2 heterocycles. The van der Waals surface area contributed by atoms with Crippen LogP contribution in [-0.2, 0) is 6.42 Å². The molecule has 2 aromatic heterocycles. The lowest BCUT2D eigenvalue weighted by Gasteiger charge is -2.20. The second-order valence-corrected chi connectivity index (χ2v) is 5.89. The summed E-state index contributed by atoms with van der Waals surface area (Å²) in [6.07, 6.45) is 4.75. The van der Waals surface area contributed by atoms with Gasteiger partial charge in [0.15, 0.2) is 0 Å². The smallest absolute Gasteiger partial charge is 0.0813 e. The Balaban J connectivity index is 1.87. The number of hydrogen-bond acceptors (Lipinski definition) is 3. The van der Waals surface area contributed by atoms with Gasteiger partial charge in [0.05, 0.1) is 21.8 Å². The third-order valence-corrected chi connectivity index (χ3v) is 4.66. The zero-order valence-corrected chi connectivity index (χ0v) is 11.2. The number of benzene rings is 1. The molecule has 3 aromatic rings. The van der Waals surface area contributed by atoms with Gasteiger partial charge in [0.2, 0.25) is 0 Å². The zero-order valence-electron chi connectivity index (χ0n) is 10.4. The summed E-state index contributed by atoms with van der Waals surface area (Å²) in [5, 5.41) is 10.0. The number of aliphatic hydroxyl groups excluding tert-OH is 1. The van der Waals surface area contributed by atoms with E-state index in [1.807, 2.05) is 5.51 Å². The Kier molecular flexibility index (Phi) is 2.47. The lowest BCUT2D eigenvalue weighted by Crippen LogP contribution is -2.10. The summed E-state index contributed by atoms with van der Waals surface area (Å²) in [7, 11) is 0. The lowest BCUT2D eigenvalue weighted by atomic mass is 9.95. The van der Waals surface area contributed by atoms with Crippen LogP contribution in [0.5, 0.6) is 0 Å². The van der Waals surface area contributed by atoms with Gasteiger partial charge in [-0.3, -0.25) is 0 Å². The van der Waals surface area contributed by atoms with Gasteiger partial charge < -0.3 is 9.67 Å². The van der Waals surface area contributed by atoms with Crippen LogP contribution in [0.25, 0.3) is 15.9 Å². The van der Waals surface area contributed by atoms with Crippen LogP contribution in [0.2, 0.25) is 0 Å². The lowest BCUT2D eigenvalue weighted by molar-refractivity contribution is 0.156. The van der Waals surface area contributed by atoms with Crippen molar-refractivity contribution in [2.75, 3.05) is 0 Å². The Labute approximate surface area is 115 Å². The molecule has 4 rings (SSSR count). The van der Waals surface area contributed by atoms with Crippen LogP contribution in [0, 0.1) is 0 Å². The Morgan fingerprint density at radius 3 is 3.21 bits per heavy atom. The molecule has 1 aliphatic carbocycles. The third kappa shape index (κ3) is 1.71. The molecule has 0 spiro atoms. The molecule has 0 amide bonds. The van der Waals surface area contributed by atoms with Crippen LogP contribution in [-0.4, -0.2) is 14.7 Å². The number of aromatic nitrogens is 2. The fourth-order valence-corrected chi connectivity index (χ4v) is 3.61. The topological polar surface area (TPSA) is 38.0 Å². The molecule has 19 heavy (non-hydrogen) atoms. The SMILES string of the molecule is OC1CCCc2c1ccn2-c1ccc2ncsc2c1. The molecule has 1 aromatic carbocycles.